The molecule has 0 amide bonds. The molecule has 2 rings (SSSR count). The van der Waals surface area contributed by atoms with Crippen LogP contribution < -0.4 is 5.63 Å². The van der Waals surface area contributed by atoms with Crippen LogP contribution >= 0.6 is 0 Å². The summed E-state index contributed by atoms with van der Waals surface area (Å²) in [6.45, 7) is 0. The number of carbonyl (C=O) groups is 1. The zero-order valence-corrected chi connectivity index (χ0v) is 10.7. The number of fused-ring (bicyclic) bond motifs is 1. The van der Waals surface area contributed by atoms with Crippen LogP contribution in [-0.2, 0) is 0 Å². The molecule has 0 aliphatic carbocycles. The van der Waals surface area contributed by atoms with Gasteiger partial charge in [0.1, 0.15) is 0 Å². The van der Waals surface area contributed by atoms with Crippen molar-refractivity contribution in [3.8, 4) is 17.2 Å². The van der Waals surface area contributed by atoms with Gasteiger partial charge in [-0.2, -0.15) is 0 Å². The summed E-state index contributed by atoms with van der Waals surface area (Å²) in [5, 5.41) is 18.0. The fourth-order valence-corrected chi connectivity index (χ4v) is 2.95. The molecule has 15 heavy (non-hydrogen) atoms. The van der Waals surface area contributed by atoms with Crippen LogP contribution in [0.25, 0.3) is 0 Å². The molecule has 8 heteroatoms. The summed E-state index contributed by atoms with van der Waals surface area (Å²) in [6.07, 6.45) is 0. The molecule has 0 bridgehead atoms. The molecule has 1 aromatic carbocycles. The third kappa shape index (κ3) is 2.47. The molecule has 0 aromatic heterocycles. The van der Waals surface area contributed by atoms with Crippen molar-refractivity contribution in [1.82, 2.24) is 0 Å². The Morgan fingerprint density at radius 3 is 2.53 bits per heavy atom. The topological polar surface area (TPSA) is 139 Å². The molecule has 83 valence electrons. The van der Waals surface area contributed by atoms with Crippen molar-refractivity contribution in [2.75, 3.05) is 0 Å². The van der Waals surface area contributed by atoms with Gasteiger partial charge in [-0.3, -0.25) is 0 Å². The van der Waals surface area contributed by atoms with Crippen molar-refractivity contribution in [2.45, 2.75) is 0 Å². The minimum atomic E-state index is -1.46. The van der Waals surface area contributed by atoms with E-state index < -0.39 is 30.1 Å². The Morgan fingerprint density at radius 1 is 1.27 bits per heavy atom. The molecular weight excluding hydrogens is 405 g/mol. The second kappa shape index (κ2) is 5.11. The van der Waals surface area contributed by atoms with Gasteiger partial charge in [-0.25, -0.2) is 0 Å². The molecule has 1 aromatic rings. The number of hydrogen-bond acceptors (Lipinski definition) is 4. The molecule has 7 nitrogen and oxygen atoms in total. The van der Waals surface area contributed by atoms with Crippen molar-refractivity contribution in [3.63, 3.8) is 0 Å². The number of hydrogen-bond donors (Lipinski definition) is 2. The van der Waals surface area contributed by atoms with Gasteiger partial charge in [0.05, 0.1) is 0 Å². The molecule has 0 saturated heterocycles. The zero-order valence-electron chi connectivity index (χ0n) is 7.22. The normalized spacial score (nSPS) is 11.2. The Hall–Kier alpha value is -1.11. The second-order valence-corrected chi connectivity index (χ2v) is 4.38. The quantitative estimate of drug-likeness (QED) is 0.554. The third-order valence-electron chi connectivity index (χ3n) is 1.55. The molecule has 0 fully saturated rings. The monoisotopic (exact) mass is 413 g/mol. The maximum atomic E-state index is 10.6. The van der Waals surface area contributed by atoms with Crippen LogP contribution in [0.2, 0.25) is 0 Å². The van der Waals surface area contributed by atoms with Crippen molar-refractivity contribution in [3.05, 3.63) is 17.7 Å². The Morgan fingerprint density at radius 2 is 1.93 bits per heavy atom. The molecule has 0 saturated carbocycles. The number of aromatic carboxylic acids is 1. The van der Waals surface area contributed by atoms with Gasteiger partial charge in [-0.15, -0.1) is 0 Å². The van der Waals surface area contributed by atoms with Gasteiger partial charge in [-0.1, -0.05) is 0 Å². The molecule has 0 spiro atoms. The average molecular weight is 413 g/mol. The van der Waals surface area contributed by atoms with Crippen LogP contribution in [0.1, 0.15) is 10.4 Å². The number of aromatic hydroxyl groups is 1. The van der Waals surface area contributed by atoms with Crippen LogP contribution in [-0.4, -0.2) is 51.3 Å². The number of carboxylic acids is 1. The van der Waals surface area contributed by atoms with E-state index in [1.807, 2.05) is 0 Å². The first-order chi connectivity index (χ1) is 6.18. The van der Waals surface area contributed by atoms with E-state index in [-0.39, 0.29) is 28.0 Å². The predicted octanol–water partition coefficient (Wildman–Crippen LogP) is -1.25. The van der Waals surface area contributed by atoms with Crippen LogP contribution in [0, 0.1) is 0 Å². The van der Waals surface area contributed by atoms with Gasteiger partial charge in [0, 0.05) is 0 Å². The van der Waals surface area contributed by atoms with E-state index in [1.54, 1.807) is 0 Å². The van der Waals surface area contributed by atoms with E-state index in [9.17, 15) is 9.90 Å². The van der Waals surface area contributed by atoms with E-state index in [1.165, 1.54) is 6.07 Å². The van der Waals surface area contributed by atoms with Crippen LogP contribution in [0.4, 0.5) is 0 Å². The number of carboxylic acid groups (broad SMARTS) is 1. The molecule has 0 atom stereocenters. The standard InChI is InChI=1S/C7H6O5.Bi.2H2O/c8-4-1-3(7(11)12)2-5(9)6(4)10;;;/h1-2,8-10H,(H,11,12);;2*1H2/q;+2;;/p-2. The summed E-state index contributed by atoms with van der Waals surface area (Å²) >= 11 is -1.46. The fraction of sp³-hybridized carbons (Fsp3) is 0. The average Bonchev–Trinajstić information content (AvgIpc) is 2.51. The Bertz CT molecular complexity index is 378. The first kappa shape index (κ1) is 13.9. The van der Waals surface area contributed by atoms with E-state index in [0.29, 0.717) is 5.75 Å². The third-order valence-corrected chi connectivity index (χ3v) is 3.60. The summed E-state index contributed by atoms with van der Waals surface area (Å²) in [6, 6.07) is 2.50. The predicted molar refractivity (Wildman–Crippen MR) is 49.3 cm³/mol. The van der Waals surface area contributed by atoms with Crippen LogP contribution in [0.5, 0.6) is 17.2 Å². The van der Waals surface area contributed by atoms with E-state index in [2.05, 4.69) is 0 Å². The van der Waals surface area contributed by atoms with Gasteiger partial charge >= 0.3 is 85.7 Å². The summed E-state index contributed by atoms with van der Waals surface area (Å²) in [4.78, 5) is 10.6. The fourth-order valence-electron chi connectivity index (χ4n) is 0.967. The SMILES string of the molecule is O.O.O=C(O)c1cc(O)c2c(c1)[O][Bi][O]2. The molecule has 1 heterocycles. The van der Waals surface area contributed by atoms with Gasteiger partial charge in [-0.05, 0) is 0 Å². The summed E-state index contributed by atoms with van der Waals surface area (Å²) in [5.74, 6) is -0.646. The van der Waals surface area contributed by atoms with Crippen molar-refractivity contribution in [1.29, 1.82) is 0 Å². The maximum absolute atomic E-state index is 10.6. The van der Waals surface area contributed by atoms with E-state index in [4.69, 9.17) is 10.7 Å². The number of phenols is 1. The minimum absolute atomic E-state index is 0. The van der Waals surface area contributed by atoms with Gasteiger partial charge in [0.2, 0.25) is 0 Å². The van der Waals surface area contributed by atoms with Gasteiger partial charge < -0.3 is 11.0 Å². The Kier molecular flexibility index (Phi) is 4.73. The summed E-state index contributed by atoms with van der Waals surface area (Å²) in [5.41, 5.74) is 0.00273. The van der Waals surface area contributed by atoms with E-state index in [0.717, 1.165) is 6.07 Å². The Labute approximate surface area is 96.7 Å². The Balaban J connectivity index is 0.000000980. The van der Waals surface area contributed by atoms with Gasteiger partial charge in [0.15, 0.2) is 0 Å². The molecular formula is C7H8BiO7. The van der Waals surface area contributed by atoms with Gasteiger partial charge in [0.25, 0.3) is 0 Å². The van der Waals surface area contributed by atoms with Crippen LogP contribution in [0.3, 0.4) is 0 Å². The number of rotatable bonds is 1. The zero-order chi connectivity index (χ0) is 9.42. The molecule has 6 N–H and O–H groups in total. The first-order valence-corrected chi connectivity index (χ1v) is 6.17. The molecule has 1 aliphatic rings. The number of benzene rings is 1. The van der Waals surface area contributed by atoms with Crippen molar-refractivity contribution >= 4 is 30.1 Å². The summed E-state index contributed by atoms with van der Waals surface area (Å²) in [7, 11) is 0. The molecule has 1 radical (unpaired) electrons. The first-order valence-electron chi connectivity index (χ1n) is 3.33. The number of phenolic OH excluding ortho intramolecular Hbond substituents is 1. The van der Waals surface area contributed by atoms with Crippen molar-refractivity contribution < 1.29 is 31.6 Å². The molecule has 0 unspecified atom stereocenters. The molecule has 1 aliphatic heterocycles. The summed E-state index contributed by atoms with van der Waals surface area (Å²) < 4.78 is 10.2. The van der Waals surface area contributed by atoms with E-state index >= 15 is 0 Å². The second-order valence-electron chi connectivity index (χ2n) is 2.38. The van der Waals surface area contributed by atoms with Crippen molar-refractivity contribution in [2.24, 2.45) is 0 Å². The van der Waals surface area contributed by atoms with Crippen LogP contribution in [0.15, 0.2) is 12.1 Å².